The Morgan fingerprint density at radius 3 is 2.48 bits per heavy atom. The third kappa shape index (κ3) is 4.15. The van der Waals surface area contributed by atoms with Crippen LogP contribution in [0, 0.1) is 16.0 Å². The molecule has 0 aromatic heterocycles. The molecule has 29 heavy (non-hydrogen) atoms. The van der Waals surface area contributed by atoms with E-state index in [1.54, 1.807) is 0 Å². The number of carboxylic acid groups (broad SMARTS) is 1. The van der Waals surface area contributed by atoms with E-state index in [0.29, 0.717) is 11.4 Å². The number of rotatable bonds is 6. The fourth-order valence-corrected chi connectivity index (χ4v) is 3.05. The summed E-state index contributed by atoms with van der Waals surface area (Å²) in [6.07, 6.45) is -0.0386. The molecule has 1 aliphatic rings. The molecule has 0 saturated carbocycles. The molecular weight excluding hydrogens is 382 g/mol. The van der Waals surface area contributed by atoms with E-state index in [4.69, 9.17) is 4.74 Å². The largest absolute Gasteiger partial charge is 0.545 e. The van der Waals surface area contributed by atoms with Crippen molar-refractivity contribution in [2.75, 3.05) is 23.9 Å². The number of nitrogens with one attached hydrogen (secondary N) is 1. The summed E-state index contributed by atoms with van der Waals surface area (Å²) in [5, 5.41) is 24.3. The van der Waals surface area contributed by atoms with Gasteiger partial charge in [-0.3, -0.25) is 19.7 Å². The summed E-state index contributed by atoms with van der Waals surface area (Å²) in [7, 11) is 1.34. The van der Waals surface area contributed by atoms with Crippen LogP contribution in [0.2, 0.25) is 0 Å². The van der Waals surface area contributed by atoms with E-state index < -0.39 is 22.7 Å². The van der Waals surface area contributed by atoms with Crippen LogP contribution in [-0.4, -0.2) is 36.4 Å². The summed E-state index contributed by atoms with van der Waals surface area (Å²) in [5.74, 6) is -2.53. The Bertz CT molecular complexity index is 988. The number of nitro benzene ring substituents is 1. The van der Waals surface area contributed by atoms with E-state index in [-0.39, 0.29) is 35.9 Å². The zero-order chi connectivity index (χ0) is 21.1. The van der Waals surface area contributed by atoms with Crippen molar-refractivity contribution in [3.05, 3.63) is 58.1 Å². The number of hydrogen-bond acceptors (Lipinski definition) is 7. The van der Waals surface area contributed by atoms with E-state index in [0.717, 1.165) is 0 Å². The normalized spacial score (nSPS) is 15.8. The van der Waals surface area contributed by atoms with Gasteiger partial charge in [0.25, 0.3) is 5.69 Å². The van der Waals surface area contributed by atoms with Gasteiger partial charge >= 0.3 is 0 Å². The summed E-state index contributed by atoms with van der Waals surface area (Å²) in [6, 6.07) is 9.35. The number of methoxy groups -OCH3 is 1. The number of carboxylic acids is 1. The first kappa shape index (κ1) is 19.8. The van der Waals surface area contributed by atoms with Gasteiger partial charge in [-0.1, -0.05) is 12.1 Å². The van der Waals surface area contributed by atoms with Gasteiger partial charge < -0.3 is 24.9 Å². The van der Waals surface area contributed by atoms with Crippen LogP contribution in [-0.2, 0) is 9.59 Å². The lowest BCUT2D eigenvalue weighted by molar-refractivity contribution is -0.384. The molecule has 0 bridgehead atoms. The first-order valence-corrected chi connectivity index (χ1v) is 8.55. The molecule has 2 amide bonds. The van der Waals surface area contributed by atoms with Gasteiger partial charge in [0.15, 0.2) is 0 Å². The van der Waals surface area contributed by atoms with Crippen molar-refractivity contribution in [1.29, 1.82) is 0 Å². The SMILES string of the molecule is COc1cc([N+](=O)[O-])ccc1N1C[C@H](C(=O)Nc2ccc(C(=O)[O-])cc2)CC1=O. The van der Waals surface area contributed by atoms with Gasteiger partial charge in [-0.05, 0) is 23.8 Å². The molecule has 10 nitrogen and oxygen atoms in total. The third-order valence-corrected chi connectivity index (χ3v) is 4.55. The van der Waals surface area contributed by atoms with E-state index in [1.165, 1.54) is 54.5 Å². The van der Waals surface area contributed by atoms with Gasteiger partial charge in [-0.25, -0.2) is 0 Å². The van der Waals surface area contributed by atoms with E-state index in [1.807, 2.05) is 0 Å². The monoisotopic (exact) mass is 398 g/mol. The van der Waals surface area contributed by atoms with Crippen LogP contribution in [0.3, 0.4) is 0 Å². The fraction of sp³-hybridized carbons (Fsp3) is 0.211. The molecular formula is C19H16N3O7-. The maximum Gasteiger partial charge on any atom is 0.273 e. The second-order valence-corrected chi connectivity index (χ2v) is 6.37. The van der Waals surface area contributed by atoms with Crippen molar-refractivity contribution in [3.8, 4) is 5.75 Å². The lowest BCUT2D eigenvalue weighted by atomic mass is 10.1. The predicted octanol–water partition coefficient (Wildman–Crippen LogP) is 0.958. The molecule has 10 heteroatoms. The van der Waals surface area contributed by atoms with E-state index in [2.05, 4.69) is 5.32 Å². The Balaban J connectivity index is 1.73. The van der Waals surface area contributed by atoms with Gasteiger partial charge in [-0.2, -0.15) is 0 Å². The van der Waals surface area contributed by atoms with E-state index >= 15 is 0 Å². The number of amides is 2. The number of anilines is 2. The molecule has 0 radical (unpaired) electrons. The number of nitrogens with zero attached hydrogens (tertiary/aromatic N) is 2. The summed E-state index contributed by atoms with van der Waals surface area (Å²) < 4.78 is 5.17. The Morgan fingerprint density at radius 2 is 1.90 bits per heavy atom. The maximum atomic E-state index is 12.5. The highest BCUT2D eigenvalue weighted by Gasteiger charge is 2.36. The average Bonchev–Trinajstić information content (AvgIpc) is 3.09. The third-order valence-electron chi connectivity index (χ3n) is 4.55. The highest BCUT2D eigenvalue weighted by atomic mass is 16.6. The highest BCUT2D eigenvalue weighted by molar-refractivity contribution is 6.04. The van der Waals surface area contributed by atoms with Crippen molar-refractivity contribution in [3.63, 3.8) is 0 Å². The predicted molar refractivity (Wildman–Crippen MR) is 99.5 cm³/mol. The quantitative estimate of drug-likeness (QED) is 0.564. The zero-order valence-corrected chi connectivity index (χ0v) is 15.3. The molecule has 0 unspecified atom stereocenters. The Labute approximate surface area is 164 Å². The van der Waals surface area contributed by atoms with Crippen LogP contribution in [0.4, 0.5) is 17.1 Å². The van der Waals surface area contributed by atoms with Crippen LogP contribution < -0.4 is 20.1 Å². The molecule has 150 valence electrons. The highest BCUT2D eigenvalue weighted by Crippen LogP contribution is 2.36. The lowest BCUT2D eigenvalue weighted by Gasteiger charge is -2.19. The minimum absolute atomic E-state index is 0.0181. The Morgan fingerprint density at radius 1 is 1.21 bits per heavy atom. The fourth-order valence-electron chi connectivity index (χ4n) is 3.05. The summed E-state index contributed by atoms with van der Waals surface area (Å²) in [6.45, 7) is 0.0793. The number of non-ortho nitro benzene ring substituents is 1. The molecule has 1 fully saturated rings. The second-order valence-electron chi connectivity index (χ2n) is 6.37. The number of aromatic carboxylic acids is 1. The number of nitro groups is 1. The summed E-state index contributed by atoms with van der Waals surface area (Å²) in [4.78, 5) is 47.4. The number of carbonyl (C=O) groups is 3. The van der Waals surface area contributed by atoms with Gasteiger partial charge in [0, 0.05) is 24.7 Å². The lowest BCUT2D eigenvalue weighted by Crippen LogP contribution is -2.28. The van der Waals surface area contributed by atoms with Crippen molar-refractivity contribution in [2.45, 2.75) is 6.42 Å². The summed E-state index contributed by atoms with van der Waals surface area (Å²) >= 11 is 0. The molecule has 1 heterocycles. The molecule has 1 atom stereocenters. The first-order chi connectivity index (χ1) is 13.8. The Kier molecular flexibility index (Phi) is 5.44. The van der Waals surface area contributed by atoms with E-state index in [9.17, 15) is 29.6 Å². The zero-order valence-electron chi connectivity index (χ0n) is 15.3. The minimum Gasteiger partial charge on any atom is -0.545 e. The standard InChI is InChI=1S/C19H17N3O7/c1-29-16-9-14(22(27)28)6-7-15(16)21-10-12(8-17(21)23)18(24)20-13-4-2-11(3-5-13)19(25)26/h2-7,9,12H,8,10H2,1H3,(H,20,24)(H,25,26)/p-1/t12-/m1/s1. The van der Waals surface area contributed by atoms with Crippen molar-refractivity contribution >= 4 is 34.8 Å². The molecule has 2 aromatic rings. The number of carbonyl (C=O) groups excluding carboxylic acids is 3. The van der Waals surface area contributed by atoms with Crippen LogP contribution >= 0.6 is 0 Å². The van der Waals surface area contributed by atoms with Crippen molar-refractivity contribution in [1.82, 2.24) is 0 Å². The topological polar surface area (TPSA) is 142 Å². The second kappa shape index (κ2) is 7.97. The molecule has 1 aliphatic heterocycles. The van der Waals surface area contributed by atoms with Gasteiger partial charge in [0.05, 0.1) is 35.7 Å². The molecule has 3 rings (SSSR count). The molecule has 2 aromatic carbocycles. The smallest absolute Gasteiger partial charge is 0.273 e. The molecule has 1 saturated heterocycles. The number of benzene rings is 2. The molecule has 0 aliphatic carbocycles. The van der Waals surface area contributed by atoms with Crippen LogP contribution in [0.1, 0.15) is 16.8 Å². The van der Waals surface area contributed by atoms with Gasteiger partial charge in [0.2, 0.25) is 11.8 Å². The molecule has 0 spiro atoms. The first-order valence-electron chi connectivity index (χ1n) is 8.55. The van der Waals surface area contributed by atoms with Crippen molar-refractivity contribution in [2.24, 2.45) is 5.92 Å². The van der Waals surface area contributed by atoms with Gasteiger partial charge in [0.1, 0.15) is 5.75 Å². The minimum atomic E-state index is -1.32. The number of hydrogen-bond donors (Lipinski definition) is 1. The average molecular weight is 398 g/mol. The van der Waals surface area contributed by atoms with Crippen molar-refractivity contribution < 1.29 is 29.2 Å². The number of ether oxygens (including phenoxy) is 1. The van der Waals surface area contributed by atoms with Gasteiger partial charge in [-0.15, -0.1) is 0 Å². The van der Waals surface area contributed by atoms with Crippen LogP contribution in [0.25, 0.3) is 0 Å². The van der Waals surface area contributed by atoms with Crippen LogP contribution in [0.5, 0.6) is 5.75 Å². The maximum absolute atomic E-state index is 12.5. The van der Waals surface area contributed by atoms with Crippen LogP contribution in [0.15, 0.2) is 42.5 Å². The Hall–Kier alpha value is -3.95. The summed E-state index contributed by atoms with van der Waals surface area (Å²) in [5.41, 5.74) is 0.539. The molecule has 1 N–H and O–H groups in total.